The summed E-state index contributed by atoms with van der Waals surface area (Å²) >= 11 is 0. The molecule has 0 radical (unpaired) electrons. The smallest absolute Gasteiger partial charge is 0.189 e. The van der Waals surface area contributed by atoms with E-state index in [2.05, 4.69) is 10.3 Å². The van der Waals surface area contributed by atoms with Crippen LogP contribution in [-0.4, -0.2) is 18.8 Å². The normalized spacial score (nSPS) is 19.6. The van der Waals surface area contributed by atoms with Gasteiger partial charge in [-0.1, -0.05) is 25.7 Å². The molecule has 6 heteroatoms. The van der Waals surface area contributed by atoms with Crippen molar-refractivity contribution in [1.29, 1.82) is 0 Å². The van der Waals surface area contributed by atoms with Crippen LogP contribution in [0.1, 0.15) is 49.7 Å². The van der Waals surface area contributed by atoms with Crippen LogP contribution in [0.5, 0.6) is 5.75 Å². The van der Waals surface area contributed by atoms with Crippen molar-refractivity contribution in [2.24, 2.45) is 10.7 Å². The van der Waals surface area contributed by atoms with Gasteiger partial charge in [-0.2, -0.15) is 0 Å². The summed E-state index contributed by atoms with van der Waals surface area (Å²) in [6.45, 7) is 0.844. The molecule has 23 heavy (non-hydrogen) atoms. The van der Waals surface area contributed by atoms with E-state index in [0.717, 1.165) is 18.4 Å². The van der Waals surface area contributed by atoms with E-state index in [1.165, 1.54) is 37.8 Å². The van der Waals surface area contributed by atoms with Crippen LogP contribution in [0.25, 0.3) is 0 Å². The van der Waals surface area contributed by atoms with Gasteiger partial charge in [-0.05, 0) is 25.0 Å². The van der Waals surface area contributed by atoms with Gasteiger partial charge >= 0.3 is 0 Å². The fourth-order valence-electron chi connectivity index (χ4n) is 3.22. The average Bonchev–Trinajstić information content (AvgIpc) is 2.81. The van der Waals surface area contributed by atoms with Gasteiger partial charge in [0.25, 0.3) is 0 Å². The molecule has 1 fully saturated rings. The van der Waals surface area contributed by atoms with Gasteiger partial charge < -0.3 is 20.5 Å². The summed E-state index contributed by atoms with van der Waals surface area (Å²) in [5, 5.41) is 3.29. The standard InChI is InChI=1S/C17H24FN3O2/c18-14-7-12(16-13(8-14)10-22-11-23-16)9-20-17(19)21-15-5-3-1-2-4-6-15/h7-8,15H,1-6,9-11H2,(H3,19,20,21). The lowest BCUT2D eigenvalue weighted by Crippen LogP contribution is -2.39. The Hall–Kier alpha value is -1.82. The molecule has 1 aromatic carbocycles. The third-order valence-corrected chi connectivity index (χ3v) is 4.38. The maximum Gasteiger partial charge on any atom is 0.189 e. The average molecular weight is 321 g/mol. The second-order valence-electron chi connectivity index (χ2n) is 6.20. The second-order valence-corrected chi connectivity index (χ2v) is 6.20. The van der Waals surface area contributed by atoms with E-state index in [1.807, 2.05) is 0 Å². The summed E-state index contributed by atoms with van der Waals surface area (Å²) < 4.78 is 24.4. The number of nitrogens with one attached hydrogen (secondary N) is 1. The Balaban J connectivity index is 1.65. The number of guanidine groups is 1. The Morgan fingerprint density at radius 2 is 2.04 bits per heavy atom. The van der Waals surface area contributed by atoms with E-state index in [1.54, 1.807) is 0 Å². The first-order valence-corrected chi connectivity index (χ1v) is 8.30. The lowest BCUT2D eigenvalue weighted by molar-refractivity contribution is -0.0172. The molecule has 1 aliphatic carbocycles. The Morgan fingerprint density at radius 1 is 1.26 bits per heavy atom. The maximum atomic E-state index is 13.7. The minimum Gasteiger partial charge on any atom is -0.467 e. The predicted molar refractivity (Wildman–Crippen MR) is 86.6 cm³/mol. The minimum atomic E-state index is -0.307. The van der Waals surface area contributed by atoms with Crippen molar-refractivity contribution in [3.05, 3.63) is 29.1 Å². The van der Waals surface area contributed by atoms with Crippen molar-refractivity contribution in [1.82, 2.24) is 5.32 Å². The summed E-state index contributed by atoms with van der Waals surface area (Å²) in [6.07, 6.45) is 7.32. The van der Waals surface area contributed by atoms with Crippen molar-refractivity contribution >= 4 is 5.96 Å². The van der Waals surface area contributed by atoms with E-state index >= 15 is 0 Å². The number of aliphatic imine (C=N–C) groups is 1. The molecule has 3 N–H and O–H groups in total. The zero-order valence-electron chi connectivity index (χ0n) is 13.3. The molecule has 0 atom stereocenters. The molecule has 0 saturated heterocycles. The van der Waals surface area contributed by atoms with Crippen LogP contribution in [0.4, 0.5) is 4.39 Å². The van der Waals surface area contributed by atoms with Gasteiger partial charge in [0.05, 0.1) is 13.2 Å². The molecule has 5 nitrogen and oxygen atoms in total. The zero-order valence-corrected chi connectivity index (χ0v) is 13.3. The van der Waals surface area contributed by atoms with Gasteiger partial charge in [0.15, 0.2) is 12.8 Å². The van der Waals surface area contributed by atoms with Crippen LogP contribution in [0.15, 0.2) is 17.1 Å². The first-order chi connectivity index (χ1) is 11.2. The van der Waals surface area contributed by atoms with Crippen molar-refractivity contribution in [3.8, 4) is 5.75 Å². The number of hydrogen-bond donors (Lipinski definition) is 2. The summed E-state index contributed by atoms with van der Waals surface area (Å²) in [6, 6.07) is 3.29. The molecule has 0 unspecified atom stereocenters. The van der Waals surface area contributed by atoms with Crippen LogP contribution < -0.4 is 15.8 Å². The molecule has 0 spiro atoms. The highest BCUT2D eigenvalue weighted by Gasteiger charge is 2.17. The number of hydrogen-bond acceptors (Lipinski definition) is 3. The van der Waals surface area contributed by atoms with Gasteiger partial charge in [-0.3, -0.25) is 0 Å². The molecular formula is C17H24FN3O2. The van der Waals surface area contributed by atoms with Crippen molar-refractivity contribution in [3.63, 3.8) is 0 Å². The lowest BCUT2D eigenvalue weighted by atomic mass is 10.1. The minimum absolute atomic E-state index is 0.186. The van der Waals surface area contributed by atoms with E-state index in [4.69, 9.17) is 15.2 Å². The number of ether oxygens (including phenoxy) is 2. The van der Waals surface area contributed by atoms with Gasteiger partial charge in [0.1, 0.15) is 11.6 Å². The summed E-state index contributed by atoms with van der Waals surface area (Å²) in [5.41, 5.74) is 7.42. The Labute approximate surface area is 136 Å². The number of nitrogens with two attached hydrogens (primary N) is 1. The Bertz CT molecular complexity index is 569. The van der Waals surface area contributed by atoms with Gasteiger partial charge in [0, 0.05) is 17.2 Å². The number of nitrogens with zero attached hydrogens (tertiary/aromatic N) is 1. The van der Waals surface area contributed by atoms with Crippen molar-refractivity contribution < 1.29 is 13.9 Å². The SMILES string of the molecule is NC(=NCc1cc(F)cc2c1OCOC2)NC1CCCCCC1. The predicted octanol–water partition coefficient (Wildman–Crippen LogP) is 2.82. The van der Waals surface area contributed by atoms with Crippen LogP contribution in [0.2, 0.25) is 0 Å². The molecule has 1 heterocycles. The highest BCUT2D eigenvalue weighted by Crippen LogP contribution is 2.29. The fraction of sp³-hybridized carbons (Fsp3) is 0.588. The van der Waals surface area contributed by atoms with Gasteiger partial charge in [-0.25, -0.2) is 9.38 Å². The van der Waals surface area contributed by atoms with E-state index < -0.39 is 0 Å². The lowest BCUT2D eigenvalue weighted by Gasteiger charge is -2.20. The number of benzene rings is 1. The maximum absolute atomic E-state index is 13.7. The van der Waals surface area contributed by atoms with Crippen LogP contribution in [0.3, 0.4) is 0 Å². The van der Waals surface area contributed by atoms with E-state index in [0.29, 0.717) is 36.5 Å². The Morgan fingerprint density at radius 3 is 2.83 bits per heavy atom. The first-order valence-electron chi connectivity index (χ1n) is 8.30. The first kappa shape index (κ1) is 16.1. The van der Waals surface area contributed by atoms with Crippen molar-refractivity contribution in [2.75, 3.05) is 6.79 Å². The monoisotopic (exact) mass is 321 g/mol. The van der Waals surface area contributed by atoms with Gasteiger partial charge in [-0.15, -0.1) is 0 Å². The van der Waals surface area contributed by atoms with Crippen LogP contribution in [-0.2, 0) is 17.9 Å². The van der Waals surface area contributed by atoms with E-state index in [9.17, 15) is 4.39 Å². The molecule has 2 aliphatic rings. The highest BCUT2D eigenvalue weighted by molar-refractivity contribution is 5.78. The van der Waals surface area contributed by atoms with Crippen molar-refractivity contribution in [2.45, 2.75) is 57.7 Å². The third kappa shape index (κ3) is 4.34. The molecule has 126 valence electrons. The summed E-state index contributed by atoms with van der Waals surface area (Å²) in [4.78, 5) is 4.36. The Kier molecular flexibility index (Phi) is 5.33. The molecule has 0 amide bonds. The summed E-state index contributed by atoms with van der Waals surface area (Å²) in [7, 11) is 0. The topological polar surface area (TPSA) is 68.9 Å². The number of rotatable bonds is 3. The molecule has 0 bridgehead atoms. The van der Waals surface area contributed by atoms with Crippen LogP contribution in [0, 0.1) is 5.82 Å². The largest absolute Gasteiger partial charge is 0.467 e. The number of fused-ring (bicyclic) bond motifs is 1. The number of halogens is 1. The second kappa shape index (κ2) is 7.64. The highest BCUT2D eigenvalue weighted by atomic mass is 19.1. The van der Waals surface area contributed by atoms with E-state index in [-0.39, 0.29) is 12.6 Å². The molecule has 0 aromatic heterocycles. The fourth-order valence-corrected chi connectivity index (χ4v) is 3.22. The molecule has 1 saturated carbocycles. The molecule has 1 aromatic rings. The molecular weight excluding hydrogens is 297 g/mol. The molecule has 1 aliphatic heterocycles. The van der Waals surface area contributed by atoms with Crippen LogP contribution >= 0.6 is 0 Å². The molecule has 3 rings (SSSR count). The third-order valence-electron chi connectivity index (χ3n) is 4.38. The summed E-state index contributed by atoms with van der Waals surface area (Å²) in [5.74, 6) is 0.781. The zero-order chi connectivity index (χ0) is 16.1. The van der Waals surface area contributed by atoms with Gasteiger partial charge in [0.2, 0.25) is 0 Å². The quantitative estimate of drug-likeness (QED) is 0.510.